The topological polar surface area (TPSA) is 101 Å². The number of carbonyl (C=O) groups is 1. The van der Waals surface area contributed by atoms with E-state index >= 15 is 0 Å². The molecule has 0 aromatic heterocycles. The van der Waals surface area contributed by atoms with E-state index in [1.807, 2.05) is 0 Å². The number of diazo groups is 1. The van der Waals surface area contributed by atoms with Gasteiger partial charge in [-0.2, -0.15) is 0 Å². The molecule has 0 saturated carbocycles. The molecule has 0 aliphatic carbocycles. The van der Waals surface area contributed by atoms with Gasteiger partial charge in [-0.25, -0.2) is 9.69 Å². The highest BCUT2D eigenvalue weighted by Crippen LogP contribution is 2.30. The van der Waals surface area contributed by atoms with E-state index in [1.54, 1.807) is 32.9 Å². The Kier molecular flexibility index (Phi) is 4.98. The molecule has 0 heterocycles. The average molecular weight is 341 g/mol. The summed E-state index contributed by atoms with van der Waals surface area (Å²) >= 11 is 0. The second kappa shape index (κ2) is 6.97. The van der Waals surface area contributed by atoms with Crippen molar-refractivity contribution in [2.45, 2.75) is 26.4 Å². The molecule has 25 heavy (non-hydrogen) atoms. The van der Waals surface area contributed by atoms with Gasteiger partial charge in [0, 0.05) is 24.3 Å². The highest BCUT2D eigenvalue weighted by Gasteiger charge is 2.25. The van der Waals surface area contributed by atoms with Gasteiger partial charge >= 0.3 is 11.8 Å². The zero-order chi connectivity index (χ0) is 18.6. The first-order chi connectivity index (χ1) is 11.7. The number of carbonyl (C=O) groups excluding carboxylic acids is 1. The van der Waals surface area contributed by atoms with Crippen molar-refractivity contribution in [2.75, 3.05) is 4.90 Å². The molecule has 2 aromatic rings. The van der Waals surface area contributed by atoms with Crippen LogP contribution in [0.5, 0.6) is 0 Å². The van der Waals surface area contributed by atoms with Gasteiger partial charge < -0.3 is 4.74 Å². The first-order valence-electron chi connectivity index (χ1n) is 7.44. The molecule has 0 radical (unpaired) electrons. The van der Waals surface area contributed by atoms with Gasteiger partial charge in [0.05, 0.1) is 16.3 Å². The Hall–Kier alpha value is -3.47. The van der Waals surface area contributed by atoms with Crippen LogP contribution in [0.1, 0.15) is 20.8 Å². The Bertz CT molecular complexity index is 818. The SMILES string of the molecule is CC(C)(C)OC(=O)N(c1ccc([N+]#N)cc1)c1ccc([N+](=O)[O-])cc1. The summed E-state index contributed by atoms with van der Waals surface area (Å²) in [5.74, 6) is 0. The summed E-state index contributed by atoms with van der Waals surface area (Å²) in [5, 5.41) is 19.6. The van der Waals surface area contributed by atoms with Gasteiger partial charge in [0.2, 0.25) is 5.39 Å². The van der Waals surface area contributed by atoms with Crippen molar-refractivity contribution in [1.29, 1.82) is 5.39 Å². The van der Waals surface area contributed by atoms with E-state index in [-0.39, 0.29) is 5.69 Å². The zero-order valence-electron chi connectivity index (χ0n) is 14.0. The van der Waals surface area contributed by atoms with E-state index in [9.17, 15) is 14.9 Å². The Balaban J connectivity index is 2.45. The van der Waals surface area contributed by atoms with Crippen LogP contribution in [0.25, 0.3) is 4.98 Å². The van der Waals surface area contributed by atoms with Crippen LogP contribution in [-0.4, -0.2) is 16.6 Å². The number of anilines is 2. The minimum atomic E-state index is -0.712. The van der Waals surface area contributed by atoms with E-state index in [0.717, 1.165) is 0 Å². The molecule has 2 rings (SSSR count). The van der Waals surface area contributed by atoms with E-state index in [1.165, 1.54) is 41.3 Å². The predicted octanol–water partition coefficient (Wildman–Crippen LogP) is 5.15. The molecule has 8 heteroatoms. The van der Waals surface area contributed by atoms with Crippen molar-refractivity contribution in [3.05, 3.63) is 63.6 Å². The molecule has 0 saturated heterocycles. The van der Waals surface area contributed by atoms with Crippen molar-refractivity contribution in [1.82, 2.24) is 0 Å². The van der Waals surface area contributed by atoms with Gasteiger partial charge in [0.15, 0.2) is 4.98 Å². The molecule has 0 atom stereocenters. The van der Waals surface area contributed by atoms with Gasteiger partial charge in [0.25, 0.3) is 5.69 Å². The summed E-state index contributed by atoms with van der Waals surface area (Å²) in [6.07, 6.45) is -0.630. The molecule has 0 aliphatic rings. The summed E-state index contributed by atoms with van der Waals surface area (Å²) < 4.78 is 5.42. The van der Waals surface area contributed by atoms with Gasteiger partial charge in [-0.1, -0.05) is 0 Å². The Morgan fingerprint density at radius 2 is 1.56 bits per heavy atom. The summed E-state index contributed by atoms with van der Waals surface area (Å²) in [7, 11) is 0. The molecule has 0 spiro atoms. The number of nitrogens with zero attached hydrogens (tertiary/aromatic N) is 4. The molecule has 0 fully saturated rings. The number of hydrogen-bond acceptors (Lipinski definition) is 5. The van der Waals surface area contributed by atoms with Crippen LogP contribution >= 0.6 is 0 Å². The lowest BCUT2D eigenvalue weighted by Crippen LogP contribution is -2.33. The lowest BCUT2D eigenvalue weighted by atomic mass is 10.2. The van der Waals surface area contributed by atoms with Crippen molar-refractivity contribution in [3.8, 4) is 0 Å². The summed E-state index contributed by atoms with van der Waals surface area (Å²) in [6.45, 7) is 5.23. The third-order valence-electron chi connectivity index (χ3n) is 3.12. The molecule has 0 unspecified atom stereocenters. The molecule has 8 nitrogen and oxygen atoms in total. The van der Waals surface area contributed by atoms with Crippen molar-refractivity contribution < 1.29 is 14.5 Å². The second-order valence-corrected chi connectivity index (χ2v) is 6.21. The van der Waals surface area contributed by atoms with Crippen LogP contribution in [0.15, 0.2) is 48.5 Å². The number of nitro benzene ring substituents is 1. The third kappa shape index (κ3) is 4.51. The van der Waals surface area contributed by atoms with Crippen molar-refractivity contribution >= 4 is 28.8 Å². The van der Waals surface area contributed by atoms with Gasteiger partial charge in [-0.05, 0) is 45.0 Å². The smallest absolute Gasteiger partial charge is 0.419 e. The number of benzene rings is 2. The maximum absolute atomic E-state index is 12.6. The molecule has 0 N–H and O–H groups in total. The minimum absolute atomic E-state index is 0.0812. The van der Waals surface area contributed by atoms with Gasteiger partial charge in [-0.3, -0.25) is 10.1 Å². The fourth-order valence-corrected chi connectivity index (χ4v) is 2.06. The zero-order valence-corrected chi connectivity index (χ0v) is 14.0. The highest BCUT2D eigenvalue weighted by atomic mass is 16.6. The first kappa shape index (κ1) is 17.9. The summed E-state index contributed by atoms with van der Waals surface area (Å²) in [4.78, 5) is 27.3. The van der Waals surface area contributed by atoms with Gasteiger partial charge in [-0.15, -0.1) is 0 Å². The fourth-order valence-electron chi connectivity index (χ4n) is 2.06. The monoisotopic (exact) mass is 341 g/mol. The fraction of sp³-hybridized carbons (Fsp3) is 0.235. The van der Waals surface area contributed by atoms with Crippen LogP contribution in [0.3, 0.4) is 0 Å². The van der Waals surface area contributed by atoms with Crippen molar-refractivity contribution in [2.24, 2.45) is 0 Å². The van der Waals surface area contributed by atoms with Gasteiger partial charge in [0.1, 0.15) is 5.60 Å². The third-order valence-corrected chi connectivity index (χ3v) is 3.12. The van der Waals surface area contributed by atoms with Crippen LogP contribution < -0.4 is 4.90 Å². The molecule has 128 valence electrons. The number of ether oxygens (including phenoxy) is 1. The van der Waals surface area contributed by atoms with Crippen LogP contribution in [0.4, 0.5) is 27.5 Å². The largest absolute Gasteiger partial charge is 0.443 e. The number of nitro groups is 1. The van der Waals surface area contributed by atoms with Crippen LogP contribution in [0, 0.1) is 15.5 Å². The molecular weight excluding hydrogens is 324 g/mol. The lowest BCUT2D eigenvalue weighted by Gasteiger charge is -2.27. The second-order valence-electron chi connectivity index (χ2n) is 6.21. The van der Waals surface area contributed by atoms with E-state index in [2.05, 4.69) is 4.98 Å². The summed E-state index contributed by atoms with van der Waals surface area (Å²) in [6, 6.07) is 11.8. The predicted molar refractivity (Wildman–Crippen MR) is 92.7 cm³/mol. The number of non-ortho nitro benzene ring substituents is 1. The number of hydrogen-bond donors (Lipinski definition) is 0. The van der Waals surface area contributed by atoms with E-state index in [4.69, 9.17) is 10.1 Å². The summed E-state index contributed by atoms with van der Waals surface area (Å²) in [5.41, 5.74) is 0.416. The van der Waals surface area contributed by atoms with Crippen LogP contribution in [-0.2, 0) is 4.74 Å². The van der Waals surface area contributed by atoms with E-state index < -0.39 is 16.6 Å². The maximum atomic E-state index is 12.6. The Morgan fingerprint density at radius 3 is 1.96 bits per heavy atom. The minimum Gasteiger partial charge on any atom is -0.443 e. The molecule has 0 aliphatic heterocycles. The Morgan fingerprint density at radius 1 is 1.08 bits per heavy atom. The molecule has 2 aromatic carbocycles. The normalized spacial score (nSPS) is 10.6. The quantitative estimate of drug-likeness (QED) is 0.436. The molecule has 0 bridgehead atoms. The van der Waals surface area contributed by atoms with Crippen LogP contribution in [0.2, 0.25) is 0 Å². The maximum Gasteiger partial charge on any atom is 0.419 e. The molecular formula is C17H17N4O4+. The van der Waals surface area contributed by atoms with Crippen molar-refractivity contribution in [3.63, 3.8) is 0 Å². The van der Waals surface area contributed by atoms with E-state index in [0.29, 0.717) is 17.1 Å². The Labute approximate surface area is 144 Å². The first-order valence-corrected chi connectivity index (χ1v) is 7.44. The lowest BCUT2D eigenvalue weighted by molar-refractivity contribution is -0.384. The highest BCUT2D eigenvalue weighted by molar-refractivity contribution is 5.96. The number of rotatable bonds is 3. The standard InChI is InChI=1S/C17H17N4O4/c1-17(2,3)25-16(22)20(13-6-4-12(19-18)5-7-13)14-8-10-15(11-9-14)21(23)24/h4-11H,1-3H3/q+1. The number of amides is 1. The average Bonchev–Trinajstić information content (AvgIpc) is 2.54. The molecule has 1 amide bonds.